The SMILES string of the molecule is COc1ccc([15NH2])c([N+](=O)[O-])c1. The first kappa shape index (κ1) is 8.32. The van der Waals surface area contributed by atoms with Gasteiger partial charge in [0.2, 0.25) is 0 Å². The first-order valence-corrected chi connectivity index (χ1v) is 3.23. The highest BCUT2D eigenvalue weighted by Gasteiger charge is 2.11. The topological polar surface area (TPSA) is 78.4 Å². The zero-order valence-electron chi connectivity index (χ0n) is 6.48. The van der Waals surface area contributed by atoms with E-state index < -0.39 is 4.92 Å². The number of nitrogens with zero attached hydrogens (tertiary/aromatic N) is 1. The van der Waals surface area contributed by atoms with Crippen LogP contribution in [0.4, 0.5) is 11.4 Å². The molecule has 0 spiro atoms. The molecule has 12 heavy (non-hydrogen) atoms. The smallest absolute Gasteiger partial charge is 0.295 e. The number of nitrogens with two attached hydrogens (primary N) is 1. The van der Waals surface area contributed by atoms with Crippen molar-refractivity contribution in [2.24, 2.45) is 0 Å². The number of nitrogen functional groups attached to an aromatic ring is 1. The minimum absolute atomic E-state index is 0.130. The van der Waals surface area contributed by atoms with Crippen molar-refractivity contribution in [3.05, 3.63) is 28.3 Å². The maximum Gasteiger partial charge on any atom is 0.295 e. The summed E-state index contributed by atoms with van der Waals surface area (Å²) >= 11 is 0. The lowest BCUT2D eigenvalue weighted by Crippen LogP contribution is -1.95. The van der Waals surface area contributed by atoms with Gasteiger partial charge in [0.1, 0.15) is 11.4 Å². The first-order valence-electron chi connectivity index (χ1n) is 3.23. The van der Waals surface area contributed by atoms with Crippen molar-refractivity contribution >= 4 is 11.4 Å². The molecule has 5 nitrogen and oxygen atoms in total. The zero-order valence-corrected chi connectivity index (χ0v) is 6.48. The summed E-state index contributed by atoms with van der Waals surface area (Å²) in [5, 5.41) is 10.4. The molecule has 0 radical (unpaired) electrons. The highest BCUT2D eigenvalue weighted by Crippen LogP contribution is 2.25. The molecule has 1 aromatic rings. The Bertz CT molecular complexity index is 312. The molecule has 0 atom stereocenters. The fraction of sp³-hybridized carbons (Fsp3) is 0.143. The molecule has 0 amide bonds. The van der Waals surface area contributed by atoms with Crippen molar-refractivity contribution in [3.63, 3.8) is 0 Å². The number of methoxy groups -OCH3 is 1. The normalized spacial score (nSPS) is 9.42. The summed E-state index contributed by atoms with van der Waals surface area (Å²) < 4.78 is 4.80. The Hall–Kier alpha value is -1.78. The van der Waals surface area contributed by atoms with Gasteiger partial charge < -0.3 is 10.5 Å². The standard InChI is InChI=1S/C7H8N2O3/c1-12-5-2-3-6(8)7(4-5)9(10)11/h2-4H,8H2,1H3/i8+1. The van der Waals surface area contributed by atoms with Gasteiger partial charge in [0.25, 0.3) is 5.69 Å². The Morgan fingerprint density at radius 2 is 2.25 bits per heavy atom. The number of anilines is 1. The van der Waals surface area contributed by atoms with Crippen molar-refractivity contribution in [1.29, 1.82) is 0 Å². The molecule has 2 N–H and O–H groups in total. The van der Waals surface area contributed by atoms with Crippen LogP contribution in [-0.4, -0.2) is 12.0 Å². The number of ether oxygens (including phenoxy) is 1. The van der Waals surface area contributed by atoms with Crippen molar-refractivity contribution < 1.29 is 9.66 Å². The van der Waals surface area contributed by atoms with Gasteiger partial charge >= 0.3 is 0 Å². The van der Waals surface area contributed by atoms with Crippen molar-refractivity contribution in [2.75, 3.05) is 12.8 Å². The summed E-state index contributed by atoms with van der Waals surface area (Å²) in [6.07, 6.45) is 0. The van der Waals surface area contributed by atoms with Crippen molar-refractivity contribution in [1.82, 2.24) is 0 Å². The molecule has 0 aliphatic rings. The maximum atomic E-state index is 10.4. The molecule has 0 saturated heterocycles. The van der Waals surface area contributed by atoms with Gasteiger partial charge in [0.05, 0.1) is 18.1 Å². The highest BCUT2D eigenvalue weighted by atomic mass is 16.6. The predicted molar refractivity (Wildman–Crippen MR) is 44.1 cm³/mol. The summed E-state index contributed by atoms with van der Waals surface area (Å²) in [7, 11) is 1.44. The number of rotatable bonds is 2. The predicted octanol–water partition coefficient (Wildman–Crippen LogP) is 1.19. The van der Waals surface area contributed by atoms with Crippen molar-refractivity contribution in [2.45, 2.75) is 0 Å². The van der Waals surface area contributed by atoms with Gasteiger partial charge in [0, 0.05) is 0 Å². The Kier molecular flexibility index (Phi) is 2.14. The third kappa shape index (κ3) is 1.45. The molecule has 1 aromatic carbocycles. The average molecular weight is 169 g/mol. The van der Waals surface area contributed by atoms with E-state index in [-0.39, 0.29) is 11.4 Å². The van der Waals surface area contributed by atoms with Crippen molar-refractivity contribution in [3.8, 4) is 5.75 Å². The molecule has 0 saturated carbocycles. The van der Waals surface area contributed by atoms with E-state index in [9.17, 15) is 10.1 Å². The van der Waals surface area contributed by atoms with Crippen LogP contribution < -0.4 is 10.5 Å². The van der Waals surface area contributed by atoms with Crippen LogP contribution in [0.3, 0.4) is 0 Å². The van der Waals surface area contributed by atoms with E-state index in [1.165, 1.54) is 19.2 Å². The van der Waals surface area contributed by atoms with Gasteiger partial charge in [-0.25, -0.2) is 0 Å². The van der Waals surface area contributed by atoms with Gasteiger partial charge in [0.15, 0.2) is 0 Å². The van der Waals surface area contributed by atoms with Crippen LogP contribution in [0.1, 0.15) is 0 Å². The van der Waals surface area contributed by atoms with Crippen LogP contribution in [-0.2, 0) is 0 Å². The lowest BCUT2D eigenvalue weighted by molar-refractivity contribution is -0.384. The van der Waals surface area contributed by atoms with Gasteiger partial charge in [-0.15, -0.1) is 0 Å². The molecular weight excluding hydrogens is 161 g/mol. The van der Waals surface area contributed by atoms with Crippen LogP contribution in [0, 0.1) is 10.1 Å². The summed E-state index contributed by atoms with van der Waals surface area (Å²) in [6, 6.07) is 4.30. The van der Waals surface area contributed by atoms with E-state index in [4.69, 9.17) is 10.5 Å². The number of hydrogen-bond donors (Lipinski definition) is 1. The Balaban J connectivity index is 3.17. The molecule has 0 aliphatic heterocycles. The number of hydrogen-bond acceptors (Lipinski definition) is 4. The second-order valence-electron chi connectivity index (χ2n) is 2.18. The van der Waals surface area contributed by atoms with E-state index in [0.717, 1.165) is 0 Å². The van der Waals surface area contributed by atoms with Crippen LogP contribution in [0.25, 0.3) is 0 Å². The molecule has 0 aliphatic carbocycles. The van der Waals surface area contributed by atoms with Crippen LogP contribution >= 0.6 is 0 Å². The van der Waals surface area contributed by atoms with E-state index in [0.29, 0.717) is 5.75 Å². The number of nitro groups is 1. The summed E-state index contributed by atoms with van der Waals surface area (Å²) in [5.74, 6) is 0.427. The third-order valence-corrected chi connectivity index (χ3v) is 1.43. The molecule has 0 heterocycles. The molecular formula is C7H8N2O3. The van der Waals surface area contributed by atoms with E-state index in [2.05, 4.69) is 0 Å². The van der Waals surface area contributed by atoms with Crippen LogP contribution in [0.5, 0.6) is 5.75 Å². The minimum atomic E-state index is -0.544. The first-order chi connectivity index (χ1) is 5.65. The fourth-order valence-electron chi connectivity index (χ4n) is 0.809. The monoisotopic (exact) mass is 169 g/mol. The Morgan fingerprint density at radius 3 is 2.75 bits per heavy atom. The molecule has 64 valence electrons. The van der Waals surface area contributed by atoms with E-state index >= 15 is 0 Å². The Labute approximate surface area is 68.9 Å². The van der Waals surface area contributed by atoms with E-state index in [1.54, 1.807) is 6.07 Å². The lowest BCUT2D eigenvalue weighted by atomic mass is 10.3. The molecule has 0 bridgehead atoms. The second-order valence-corrected chi connectivity index (χ2v) is 2.18. The van der Waals surface area contributed by atoms with Crippen LogP contribution in [0.15, 0.2) is 18.2 Å². The molecule has 5 heteroatoms. The summed E-state index contributed by atoms with van der Waals surface area (Å²) in [6.45, 7) is 0. The quantitative estimate of drug-likeness (QED) is 0.312. The summed E-state index contributed by atoms with van der Waals surface area (Å²) in [5.41, 5.74) is 5.36. The fourth-order valence-corrected chi connectivity index (χ4v) is 0.809. The minimum Gasteiger partial charge on any atom is -0.496 e. The average Bonchev–Trinajstić information content (AvgIpc) is 2.05. The number of benzene rings is 1. The molecule has 1 rings (SSSR count). The summed E-state index contributed by atoms with van der Waals surface area (Å²) in [4.78, 5) is 9.82. The molecule has 0 aromatic heterocycles. The maximum absolute atomic E-state index is 10.4. The third-order valence-electron chi connectivity index (χ3n) is 1.43. The lowest BCUT2D eigenvalue weighted by Gasteiger charge is -2.00. The zero-order chi connectivity index (χ0) is 9.14. The molecule has 0 unspecified atom stereocenters. The van der Waals surface area contributed by atoms with E-state index in [1.807, 2.05) is 0 Å². The van der Waals surface area contributed by atoms with Gasteiger partial charge in [-0.05, 0) is 12.1 Å². The van der Waals surface area contributed by atoms with Gasteiger partial charge in [-0.3, -0.25) is 10.1 Å². The molecule has 0 fully saturated rings. The van der Waals surface area contributed by atoms with Gasteiger partial charge in [-0.1, -0.05) is 0 Å². The largest absolute Gasteiger partial charge is 0.496 e. The highest BCUT2D eigenvalue weighted by molar-refractivity contribution is 5.60. The number of nitro benzene ring substituents is 1. The van der Waals surface area contributed by atoms with Crippen LogP contribution in [0.2, 0.25) is 0 Å². The Morgan fingerprint density at radius 1 is 1.58 bits per heavy atom. The van der Waals surface area contributed by atoms with Gasteiger partial charge in [-0.2, -0.15) is 0 Å². The second kappa shape index (κ2) is 3.08.